The molecule has 39 heavy (non-hydrogen) atoms. The monoisotopic (exact) mass is 528 g/mol. The number of rotatable bonds is 4. The van der Waals surface area contributed by atoms with Crippen LogP contribution in [0.3, 0.4) is 0 Å². The van der Waals surface area contributed by atoms with Gasteiger partial charge in [0.05, 0.1) is 31.1 Å². The highest BCUT2D eigenvalue weighted by Crippen LogP contribution is 2.32. The van der Waals surface area contributed by atoms with Crippen molar-refractivity contribution in [3.8, 4) is 28.8 Å². The van der Waals surface area contributed by atoms with Gasteiger partial charge in [0.25, 0.3) is 0 Å². The maximum Gasteiger partial charge on any atom is 0.206 e. The minimum absolute atomic E-state index is 0.162. The zero-order valence-electron chi connectivity index (χ0n) is 22.8. The van der Waals surface area contributed by atoms with E-state index < -0.39 is 0 Å². The Bertz CT molecular complexity index is 1350. The molecule has 2 aliphatic rings. The van der Waals surface area contributed by atoms with E-state index in [4.69, 9.17) is 15.5 Å². The van der Waals surface area contributed by atoms with Crippen LogP contribution in [0.1, 0.15) is 33.0 Å². The van der Waals surface area contributed by atoms with Crippen molar-refractivity contribution in [2.75, 3.05) is 54.9 Å². The number of hydrogen-bond donors (Lipinski definition) is 2. The first-order valence-corrected chi connectivity index (χ1v) is 13.5. The number of phenolic OH excluding ortho intramolecular Hbond substituents is 1. The molecular weight excluding hydrogens is 492 g/mol. The molecule has 2 saturated heterocycles. The number of phenols is 1. The first-order valence-electron chi connectivity index (χ1n) is 13.5. The second-order valence-electron chi connectivity index (χ2n) is 10.3. The number of anilines is 3. The second-order valence-corrected chi connectivity index (χ2v) is 10.3. The number of aromatic nitrogens is 4. The average Bonchev–Trinajstić information content (AvgIpc) is 3.13. The molecule has 0 bridgehead atoms. The van der Waals surface area contributed by atoms with Crippen LogP contribution in [0.4, 0.5) is 17.3 Å². The maximum absolute atomic E-state index is 10.3. The Labute approximate surface area is 229 Å². The fourth-order valence-corrected chi connectivity index (χ4v) is 5.23. The summed E-state index contributed by atoms with van der Waals surface area (Å²) in [6.45, 7) is 11.0. The Morgan fingerprint density at radius 3 is 2.62 bits per heavy atom. The van der Waals surface area contributed by atoms with Crippen molar-refractivity contribution >= 4 is 17.3 Å². The third-order valence-electron chi connectivity index (χ3n) is 7.53. The van der Waals surface area contributed by atoms with Gasteiger partial charge in [-0.2, -0.15) is 0 Å². The van der Waals surface area contributed by atoms with Crippen LogP contribution in [-0.2, 0) is 4.74 Å². The molecular formula is C29H36N8O2. The summed E-state index contributed by atoms with van der Waals surface area (Å²) in [5, 5.41) is 18.7. The molecule has 1 aromatic carbocycles. The van der Waals surface area contributed by atoms with Gasteiger partial charge in [-0.3, -0.25) is 4.90 Å². The zero-order chi connectivity index (χ0) is 27.4. The topological polar surface area (TPSA) is 117 Å². The average molecular weight is 529 g/mol. The molecule has 2 aromatic heterocycles. The number of hydrogen-bond acceptors (Lipinski definition) is 10. The molecule has 10 heteroatoms. The predicted octanol–water partition coefficient (Wildman–Crippen LogP) is 2.79. The third kappa shape index (κ3) is 6.05. The lowest BCUT2D eigenvalue weighted by Gasteiger charge is -2.37. The number of nitrogens with zero attached hydrogens (tertiary/aromatic N) is 7. The molecule has 0 saturated carbocycles. The van der Waals surface area contributed by atoms with E-state index in [0.29, 0.717) is 41.5 Å². The Morgan fingerprint density at radius 2 is 1.82 bits per heavy atom. The number of nitrogen functional groups attached to an aromatic ring is 1. The van der Waals surface area contributed by atoms with Gasteiger partial charge < -0.3 is 25.4 Å². The number of benzene rings is 1. The lowest BCUT2D eigenvalue weighted by Crippen LogP contribution is -2.49. The summed E-state index contributed by atoms with van der Waals surface area (Å²) in [5.41, 5.74) is 8.30. The van der Waals surface area contributed by atoms with Crippen LogP contribution in [0.2, 0.25) is 0 Å². The Hall–Kier alpha value is -3.94. The highest BCUT2D eigenvalue weighted by Gasteiger charge is 2.25. The summed E-state index contributed by atoms with van der Waals surface area (Å²) in [5.74, 6) is 8.37. The van der Waals surface area contributed by atoms with Crippen LogP contribution >= 0.6 is 0 Å². The minimum atomic E-state index is 0.162. The molecule has 0 unspecified atom stereocenters. The van der Waals surface area contributed by atoms with E-state index in [9.17, 15) is 5.11 Å². The van der Waals surface area contributed by atoms with E-state index in [2.05, 4.69) is 62.5 Å². The number of para-hydroxylation sites is 1. The third-order valence-corrected chi connectivity index (χ3v) is 7.53. The molecule has 3 atom stereocenters. The van der Waals surface area contributed by atoms with Crippen LogP contribution in [0.25, 0.3) is 11.3 Å². The van der Waals surface area contributed by atoms with Gasteiger partial charge in [-0.05, 0) is 57.4 Å². The van der Waals surface area contributed by atoms with Gasteiger partial charge in [0.1, 0.15) is 11.6 Å². The van der Waals surface area contributed by atoms with E-state index in [0.717, 1.165) is 50.8 Å². The highest BCUT2D eigenvalue weighted by atomic mass is 16.5. The first-order chi connectivity index (χ1) is 18.9. The summed E-state index contributed by atoms with van der Waals surface area (Å²) < 4.78 is 5.62. The molecule has 3 N–H and O–H groups in total. The van der Waals surface area contributed by atoms with Crippen LogP contribution in [0.15, 0.2) is 42.6 Å². The fraction of sp³-hybridized carbons (Fsp3) is 0.448. The van der Waals surface area contributed by atoms with Crippen molar-refractivity contribution in [2.45, 2.75) is 45.3 Å². The summed E-state index contributed by atoms with van der Waals surface area (Å²) in [6.07, 6.45) is 2.69. The van der Waals surface area contributed by atoms with Crippen LogP contribution in [0, 0.1) is 11.8 Å². The van der Waals surface area contributed by atoms with Gasteiger partial charge in [-0.25, -0.2) is 9.97 Å². The second kappa shape index (κ2) is 11.8. The Kier molecular flexibility index (Phi) is 8.10. The normalized spacial score (nSPS) is 22.2. The highest BCUT2D eigenvalue weighted by molar-refractivity contribution is 5.74. The van der Waals surface area contributed by atoms with E-state index >= 15 is 0 Å². The first kappa shape index (κ1) is 26.7. The standard InChI is InChI=1S/C29H36N8O2/c1-20-11-14-35(25-17-24(33-34-29(25)30)23-7-4-5-8-26(23)38)15-16-37(20)28-10-12-31-27(32-28)9-6-13-36-21(2)18-39-19-22(36)3/h4-5,7-8,10,12,17,20-22,38H,11,13-16,18-19H2,1-3H3,(H2,30,34)/t20-,21+,22+/m1/s1. The zero-order valence-corrected chi connectivity index (χ0v) is 22.8. The summed E-state index contributed by atoms with van der Waals surface area (Å²) in [6, 6.07) is 11.9. The van der Waals surface area contributed by atoms with Gasteiger partial charge in [-0.15, -0.1) is 10.2 Å². The molecule has 0 aliphatic carbocycles. The lowest BCUT2D eigenvalue weighted by atomic mass is 10.1. The van der Waals surface area contributed by atoms with Crippen molar-refractivity contribution in [3.63, 3.8) is 0 Å². The molecule has 0 amide bonds. The van der Waals surface area contributed by atoms with Crippen molar-refractivity contribution in [1.29, 1.82) is 0 Å². The molecule has 4 heterocycles. The van der Waals surface area contributed by atoms with E-state index in [1.807, 2.05) is 24.3 Å². The molecule has 0 spiro atoms. The molecule has 2 fully saturated rings. The molecule has 204 valence electrons. The number of ether oxygens (including phenoxy) is 1. The number of nitrogens with two attached hydrogens (primary N) is 1. The summed E-state index contributed by atoms with van der Waals surface area (Å²) >= 11 is 0. The largest absolute Gasteiger partial charge is 0.507 e. The summed E-state index contributed by atoms with van der Waals surface area (Å²) in [4.78, 5) is 16.1. The van der Waals surface area contributed by atoms with Gasteiger partial charge in [0, 0.05) is 49.5 Å². The van der Waals surface area contributed by atoms with Crippen molar-refractivity contribution in [3.05, 3.63) is 48.4 Å². The van der Waals surface area contributed by atoms with Crippen molar-refractivity contribution in [2.24, 2.45) is 0 Å². The molecule has 5 rings (SSSR count). The van der Waals surface area contributed by atoms with E-state index in [-0.39, 0.29) is 11.8 Å². The molecule has 10 nitrogen and oxygen atoms in total. The predicted molar refractivity (Wildman–Crippen MR) is 153 cm³/mol. The Balaban J connectivity index is 1.30. The quantitative estimate of drug-likeness (QED) is 0.490. The molecule has 2 aliphatic heterocycles. The lowest BCUT2D eigenvalue weighted by molar-refractivity contribution is -0.0296. The minimum Gasteiger partial charge on any atom is -0.507 e. The van der Waals surface area contributed by atoms with E-state index in [1.165, 1.54) is 0 Å². The maximum atomic E-state index is 10.3. The SMILES string of the molecule is C[C@@H]1CCN(c2cc(-c3ccccc3O)nnc2N)CCN1c1ccnc(C#CCN2[C@@H](C)COC[C@@H]2C)n1. The van der Waals surface area contributed by atoms with Gasteiger partial charge >= 0.3 is 0 Å². The fourth-order valence-electron chi connectivity index (χ4n) is 5.23. The van der Waals surface area contributed by atoms with Crippen LogP contribution in [-0.4, -0.2) is 87.7 Å². The number of aromatic hydroxyl groups is 1. The van der Waals surface area contributed by atoms with Crippen molar-refractivity contribution in [1.82, 2.24) is 25.1 Å². The molecule has 3 aromatic rings. The van der Waals surface area contributed by atoms with Crippen LogP contribution in [0.5, 0.6) is 5.75 Å². The van der Waals surface area contributed by atoms with E-state index in [1.54, 1.807) is 18.3 Å². The van der Waals surface area contributed by atoms with Crippen LogP contribution < -0.4 is 15.5 Å². The molecule has 0 radical (unpaired) electrons. The smallest absolute Gasteiger partial charge is 0.206 e. The van der Waals surface area contributed by atoms with Crippen molar-refractivity contribution < 1.29 is 9.84 Å². The summed E-state index contributed by atoms with van der Waals surface area (Å²) in [7, 11) is 0. The Morgan fingerprint density at radius 1 is 1.03 bits per heavy atom. The van der Waals surface area contributed by atoms with Gasteiger partial charge in [-0.1, -0.05) is 18.1 Å². The number of morpholine rings is 1. The van der Waals surface area contributed by atoms with Gasteiger partial charge in [0.15, 0.2) is 5.82 Å². The van der Waals surface area contributed by atoms with Gasteiger partial charge in [0.2, 0.25) is 5.82 Å².